The van der Waals surface area contributed by atoms with Gasteiger partial charge >= 0.3 is 12.2 Å². The van der Waals surface area contributed by atoms with Crippen molar-refractivity contribution in [3.8, 4) is 0 Å². The minimum absolute atomic E-state index is 0.246. The molecule has 8 heteroatoms. The lowest BCUT2D eigenvalue weighted by Crippen LogP contribution is -2.39. The Bertz CT molecular complexity index is 490. The van der Waals surface area contributed by atoms with Gasteiger partial charge in [-0.3, -0.25) is 0 Å². The van der Waals surface area contributed by atoms with Gasteiger partial charge in [0.15, 0.2) is 6.10 Å². The van der Waals surface area contributed by atoms with Crippen LogP contribution in [0.5, 0.6) is 0 Å². The number of alkyl halides is 3. The van der Waals surface area contributed by atoms with Gasteiger partial charge in [0.2, 0.25) is 0 Å². The summed E-state index contributed by atoms with van der Waals surface area (Å²) in [5.41, 5.74) is 2.12. The largest absolute Gasteiger partial charge is 0.414 e. The van der Waals surface area contributed by atoms with E-state index in [2.05, 4.69) is 10.6 Å². The summed E-state index contributed by atoms with van der Waals surface area (Å²) in [7, 11) is 3.88. The number of aliphatic hydroxyl groups is 1. The topological polar surface area (TPSA) is 64.6 Å². The van der Waals surface area contributed by atoms with Gasteiger partial charge in [-0.25, -0.2) is 4.79 Å². The molecule has 0 aliphatic rings. The predicted octanol–water partition coefficient (Wildman–Crippen LogP) is 1.91. The third-order valence-electron chi connectivity index (χ3n) is 3.23. The number of nitrogens with one attached hydrogen (secondary N) is 2. The van der Waals surface area contributed by atoms with E-state index in [9.17, 15) is 18.0 Å². The maximum absolute atomic E-state index is 12.1. The molecule has 0 unspecified atom stereocenters. The second-order valence-corrected chi connectivity index (χ2v) is 5.34. The summed E-state index contributed by atoms with van der Waals surface area (Å²) in [6.45, 7) is 0.124. The van der Waals surface area contributed by atoms with E-state index in [1.54, 1.807) is 0 Å². The summed E-state index contributed by atoms with van der Waals surface area (Å²) < 4.78 is 36.2. The number of carbonyl (C=O) groups excluding carboxylic acids is 1. The van der Waals surface area contributed by atoms with Gasteiger partial charge in [0.05, 0.1) is 0 Å². The molecule has 0 heterocycles. The van der Waals surface area contributed by atoms with Gasteiger partial charge in [-0.1, -0.05) is 12.1 Å². The molecule has 0 bridgehead atoms. The SMILES string of the molecule is CN(C)c1ccc(CCNC(=O)NCC[C@@H](O)C(F)(F)F)cc1. The lowest BCUT2D eigenvalue weighted by molar-refractivity contribution is -0.204. The Balaban J connectivity index is 2.21. The van der Waals surface area contributed by atoms with E-state index in [0.29, 0.717) is 13.0 Å². The second kappa shape index (κ2) is 8.61. The molecule has 2 amide bonds. The molecule has 0 spiro atoms. The fraction of sp³-hybridized carbons (Fsp3) is 0.533. The lowest BCUT2D eigenvalue weighted by Gasteiger charge is -2.15. The first-order valence-electron chi connectivity index (χ1n) is 7.23. The molecule has 0 aromatic heterocycles. The van der Waals surface area contributed by atoms with Crippen molar-refractivity contribution in [1.29, 1.82) is 0 Å². The molecule has 1 rings (SSSR count). The highest BCUT2D eigenvalue weighted by atomic mass is 19.4. The Morgan fingerprint density at radius 3 is 2.26 bits per heavy atom. The molecule has 0 aliphatic heterocycles. The van der Waals surface area contributed by atoms with Crippen LogP contribution in [-0.2, 0) is 6.42 Å². The van der Waals surface area contributed by atoms with Crippen LogP contribution in [0.3, 0.4) is 0 Å². The van der Waals surface area contributed by atoms with Crippen LogP contribution < -0.4 is 15.5 Å². The van der Waals surface area contributed by atoms with Crippen molar-refractivity contribution in [3.63, 3.8) is 0 Å². The zero-order valence-electron chi connectivity index (χ0n) is 13.2. The van der Waals surface area contributed by atoms with Gasteiger partial charge < -0.3 is 20.6 Å². The summed E-state index contributed by atoms with van der Waals surface area (Å²) in [4.78, 5) is 13.4. The third kappa shape index (κ3) is 7.23. The smallest absolute Gasteiger partial charge is 0.384 e. The number of hydrogen-bond acceptors (Lipinski definition) is 3. The number of rotatable bonds is 7. The van der Waals surface area contributed by atoms with Crippen molar-refractivity contribution in [2.24, 2.45) is 0 Å². The molecule has 0 saturated carbocycles. The number of aliphatic hydroxyl groups excluding tert-OH is 1. The van der Waals surface area contributed by atoms with Crippen LogP contribution in [0.4, 0.5) is 23.7 Å². The molecule has 5 nitrogen and oxygen atoms in total. The average Bonchev–Trinajstić information content (AvgIpc) is 2.46. The number of nitrogens with zero attached hydrogens (tertiary/aromatic N) is 1. The monoisotopic (exact) mass is 333 g/mol. The summed E-state index contributed by atoms with van der Waals surface area (Å²) in [6, 6.07) is 7.29. The van der Waals surface area contributed by atoms with E-state index in [1.807, 2.05) is 43.3 Å². The van der Waals surface area contributed by atoms with Gasteiger partial charge in [-0.2, -0.15) is 13.2 Å². The fourth-order valence-electron chi connectivity index (χ4n) is 1.83. The van der Waals surface area contributed by atoms with Crippen molar-refractivity contribution in [1.82, 2.24) is 10.6 Å². The van der Waals surface area contributed by atoms with Crippen molar-refractivity contribution >= 4 is 11.7 Å². The quantitative estimate of drug-likeness (QED) is 0.714. The first-order valence-corrected chi connectivity index (χ1v) is 7.23. The molecule has 3 N–H and O–H groups in total. The molecule has 1 aromatic rings. The number of anilines is 1. The van der Waals surface area contributed by atoms with Crippen LogP contribution >= 0.6 is 0 Å². The van der Waals surface area contributed by atoms with E-state index >= 15 is 0 Å². The molecular weight excluding hydrogens is 311 g/mol. The summed E-state index contributed by atoms with van der Waals surface area (Å²) in [6.07, 6.45) is -7.02. The maximum atomic E-state index is 12.1. The van der Waals surface area contributed by atoms with Crippen LogP contribution in [-0.4, -0.2) is 50.6 Å². The first kappa shape index (κ1) is 19.1. The zero-order valence-corrected chi connectivity index (χ0v) is 13.2. The van der Waals surface area contributed by atoms with E-state index in [4.69, 9.17) is 5.11 Å². The Hall–Kier alpha value is -1.96. The second-order valence-electron chi connectivity index (χ2n) is 5.34. The Morgan fingerprint density at radius 2 is 1.74 bits per heavy atom. The molecule has 0 radical (unpaired) electrons. The van der Waals surface area contributed by atoms with E-state index in [-0.39, 0.29) is 6.54 Å². The molecule has 1 atom stereocenters. The van der Waals surface area contributed by atoms with Gasteiger partial charge in [-0.05, 0) is 30.5 Å². The highest BCUT2D eigenvalue weighted by molar-refractivity contribution is 5.73. The number of benzene rings is 1. The van der Waals surface area contributed by atoms with Crippen molar-refractivity contribution in [3.05, 3.63) is 29.8 Å². The third-order valence-corrected chi connectivity index (χ3v) is 3.23. The first-order chi connectivity index (χ1) is 10.7. The van der Waals surface area contributed by atoms with Gasteiger partial charge in [0.1, 0.15) is 0 Å². The normalized spacial score (nSPS) is 12.6. The van der Waals surface area contributed by atoms with Crippen molar-refractivity contribution < 1.29 is 23.1 Å². The summed E-state index contributed by atoms with van der Waals surface area (Å²) in [5.74, 6) is 0. The van der Waals surface area contributed by atoms with Gasteiger partial charge in [-0.15, -0.1) is 0 Å². The summed E-state index contributed by atoms with van der Waals surface area (Å²) >= 11 is 0. The maximum Gasteiger partial charge on any atom is 0.414 e. The zero-order chi connectivity index (χ0) is 17.5. The van der Waals surface area contributed by atoms with E-state index in [1.165, 1.54) is 0 Å². The average molecular weight is 333 g/mol. The minimum Gasteiger partial charge on any atom is -0.384 e. The molecule has 0 fully saturated rings. The standard InChI is InChI=1S/C15H22F3N3O2/c1-21(2)12-5-3-11(4-6-12)7-9-19-14(23)20-10-8-13(22)15(16,17)18/h3-6,13,22H,7-10H2,1-2H3,(H2,19,20,23)/t13-/m1/s1. The van der Waals surface area contributed by atoms with E-state index in [0.717, 1.165) is 11.3 Å². The highest BCUT2D eigenvalue weighted by Gasteiger charge is 2.37. The molecule has 23 heavy (non-hydrogen) atoms. The van der Waals surface area contributed by atoms with Gasteiger partial charge in [0.25, 0.3) is 0 Å². The number of urea groups is 1. The fourth-order valence-corrected chi connectivity index (χ4v) is 1.83. The van der Waals surface area contributed by atoms with Crippen LogP contribution in [0.15, 0.2) is 24.3 Å². The predicted molar refractivity (Wildman–Crippen MR) is 82.6 cm³/mol. The number of hydrogen-bond donors (Lipinski definition) is 3. The number of halogens is 3. The van der Waals surface area contributed by atoms with Gasteiger partial charge in [0, 0.05) is 32.9 Å². The van der Waals surface area contributed by atoms with Crippen LogP contribution in [0.2, 0.25) is 0 Å². The molecule has 0 aliphatic carbocycles. The number of carbonyl (C=O) groups is 1. The molecular formula is C15H22F3N3O2. The number of amides is 2. The van der Waals surface area contributed by atoms with E-state index < -0.39 is 24.7 Å². The Labute approximate surface area is 133 Å². The van der Waals surface area contributed by atoms with Crippen LogP contribution in [0.1, 0.15) is 12.0 Å². The Kier molecular flexibility index (Phi) is 7.15. The minimum atomic E-state index is -4.66. The summed E-state index contributed by atoms with van der Waals surface area (Å²) in [5, 5.41) is 13.6. The molecule has 130 valence electrons. The van der Waals surface area contributed by atoms with Crippen molar-refractivity contribution in [2.45, 2.75) is 25.1 Å². The highest BCUT2D eigenvalue weighted by Crippen LogP contribution is 2.21. The molecule has 1 aromatic carbocycles. The Morgan fingerprint density at radius 1 is 1.17 bits per heavy atom. The lowest BCUT2D eigenvalue weighted by atomic mass is 10.1. The van der Waals surface area contributed by atoms with Crippen LogP contribution in [0, 0.1) is 0 Å². The van der Waals surface area contributed by atoms with Crippen molar-refractivity contribution in [2.75, 3.05) is 32.1 Å². The van der Waals surface area contributed by atoms with Crippen LogP contribution in [0.25, 0.3) is 0 Å². The molecule has 0 saturated heterocycles.